The molecule has 88 valence electrons. The first-order valence-electron chi connectivity index (χ1n) is 5.18. The molecule has 1 rings (SSSR count). The second-order valence-electron chi connectivity index (χ2n) is 3.51. The fourth-order valence-corrected chi connectivity index (χ4v) is 1.26. The van der Waals surface area contributed by atoms with Crippen LogP contribution in [0.4, 0.5) is 5.69 Å². The number of carbonyl (C=O) groups excluding carboxylic acids is 1. The third kappa shape index (κ3) is 3.51. The van der Waals surface area contributed by atoms with E-state index >= 15 is 0 Å². The number of rotatable bonds is 5. The summed E-state index contributed by atoms with van der Waals surface area (Å²) in [6, 6.07) is 3.26. The summed E-state index contributed by atoms with van der Waals surface area (Å²) in [5, 5.41) is 2.84. The van der Waals surface area contributed by atoms with Gasteiger partial charge in [-0.1, -0.05) is 6.92 Å². The molecule has 5 heteroatoms. The number of aromatic nitrogens is 1. The van der Waals surface area contributed by atoms with E-state index in [4.69, 9.17) is 10.5 Å². The minimum Gasteiger partial charge on any atom is -0.397 e. The molecule has 1 amide bonds. The van der Waals surface area contributed by atoms with Crippen molar-refractivity contribution in [3.63, 3.8) is 0 Å². The number of nitrogens with two attached hydrogens (primary N) is 1. The molecule has 0 aliphatic carbocycles. The van der Waals surface area contributed by atoms with Gasteiger partial charge in [0.1, 0.15) is 5.69 Å². The van der Waals surface area contributed by atoms with Crippen molar-refractivity contribution in [1.82, 2.24) is 10.3 Å². The van der Waals surface area contributed by atoms with Crippen LogP contribution < -0.4 is 11.1 Å². The van der Waals surface area contributed by atoms with Crippen LogP contribution >= 0.6 is 0 Å². The SMILES string of the molecule is CCC(COC)NC(=O)c1ccc(N)cn1. The van der Waals surface area contributed by atoms with Crippen LogP contribution in [0.2, 0.25) is 0 Å². The van der Waals surface area contributed by atoms with Crippen LogP contribution in [0.1, 0.15) is 23.8 Å². The zero-order chi connectivity index (χ0) is 12.0. The number of amides is 1. The van der Waals surface area contributed by atoms with Gasteiger partial charge in [-0.3, -0.25) is 4.79 Å². The third-order valence-corrected chi connectivity index (χ3v) is 2.21. The summed E-state index contributed by atoms with van der Waals surface area (Å²) in [5.74, 6) is -0.205. The maximum absolute atomic E-state index is 11.7. The monoisotopic (exact) mass is 223 g/mol. The Labute approximate surface area is 95.0 Å². The Morgan fingerprint density at radius 1 is 1.62 bits per heavy atom. The van der Waals surface area contributed by atoms with Gasteiger partial charge in [0, 0.05) is 7.11 Å². The number of nitrogens with one attached hydrogen (secondary N) is 1. The largest absolute Gasteiger partial charge is 0.397 e. The number of hydrogen-bond acceptors (Lipinski definition) is 4. The molecular weight excluding hydrogens is 206 g/mol. The normalized spacial score (nSPS) is 12.1. The molecule has 0 spiro atoms. The molecule has 0 bridgehead atoms. The lowest BCUT2D eigenvalue weighted by Gasteiger charge is -2.15. The van der Waals surface area contributed by atoms with Crippen LogP contribution in [0, 0.1) is 0 Å². The van der Waals surface area contributed by atoms with Crippen LogP contribution in [0.5, 0.6) is 0 Å². The van der Waals surface area contributed by atoms with Crippen molar-refractivity contribution in [3.05, 3.63) is 24.0 Å². The molecule has 0 aliphatic rings. The minimum atomic E-state index is -0.205. The average molecular weight is 223 g/mol. The average Bonchev–Trinajstić information content (AvgIpc) is 2.29. The molecule has 1 atom stereocenters. The molecule has 3 N–H and O–H groups in total. The summed E-state index contributed by atoms with van der Waals surface area (Å²) < 4.78 is 5.00. The topological polar surface area (TPSA) is 77.2 Å². The van der Waals surface area contributed by atoms with Gasteiger partial charge in [0.2, 0.25) is 0 Å². The van der Waals surface area contributed by atoms with Crippen molar-refractivity contribution in [3.8, 4) is 0 Å². The zero-order valence-corrected chi connectivity index (χ0v) is 9.56. The van der Waals surface area contributed by atoms with Gasteiger partial charge in [0.25, 0.3) is 5.91 Å². The third-order valence-electron chi connectivity index (χ3n) is 2.21. The molecule has 0 radical (unpaired) electrons. The van der Waals surface area contributed by atoms with Crippen LogP contribution in [-0.2, 0) is 4.74 Å². The van der Waals surface area contributed by atoms with E-state index in [1.165, 1.54) is 6.20 Å². The molecule has 1 aromatic rings. The highest BCUT2D eigenvalue weighted by Gasteiger charge is 2.12. The highest BCUT2D eigenvalue weighted by Crippen LogP contribution is 2.02. The molecular formula is C11H17N3O2. The Hall–Kier alpha value is -1.62. The van der Waals surface area contributed by atoms with E-state index in [1.54, 1.807) is 19.2 Å². The Morgan fingerprint density at radius 2 is 2.38 bits per heavy atom. The molecule has 5 nitrogen and oxygen atoms in total. The number of hydrogen-bond donors (Lipinski definition) is 2. The lowest BCUT2D eigenvalue weighted by Crippen LogP contribution is -2.37. The van der Waals surface area contributed by atoms with Crippen molar-refractivity contribution in [1.29, 1.82) is 0 Å². The summed E-state index contributed by atoms with van der Waals surface area (Å²) in [5.41, 5.74) is 6.39. The van der Waals surface area contributed by atoms with Gasteiger partial charge >= 0.3 is 0 Å². The number of carbonyl (C=O) groups is 1. The van der Waals surface area contributed by atoms with Crippen LogP contribution in [0.15, 0.2) is 18.3 Å². The summed E-state index contributed by atoms with van der Waals surface area (Å²) in [6.07, 6.45) is 2.28. The van der Waals surface area contributed by atoms with Gasteiger partial charge < -0.3 is 15.8 Å². The number of methoxy groups -OCH3 is 1. The smallest absolute Gasteiger partial charge is 0.270 e. The molecule has 0 aliphatic heterocycles. The summed E-state index contributed by atoms with van der Waals surface area (Å²) in [7, 11) is 1.61. The van der Waals surface area contributed by atoms with Gasteiger partial charge in [0.05, 0.1) is 24.5 Å². The first kappa shape index (κ1) is 12.4. The Kier molecular flexibility index (Phi) is 4.72. The van der Waals surface area contributed by atoms with E-state index < -0.39 is 0 Å². The lowest BCUT2D eigenvalue weighted by molar-refractivity contribution is 0.0889. The van der Waals surface area contributed by atoms with Crippen molar-refractivity contribution in [2.75, 3.05) is 19.5 Å². The predicted octanol–water partition coefficient (Wildman–Crippen LogP) is 0.819. The quantitative estimate of drug-likeness (QED) is 0.774. The molecule has 16 heavy (non-hydrogen) atoms. The predicted molar refractivity (Wildman–Crippen MR) is 62.1 cm³/mol. The fraction of sp³-hybridized carbons (Fsp3) is 0.455. The maximum Gasteiger partial charge on any atom is 0.270 e. The van der Waals surface area contributed by atoms with E-state index in [0.717, 1.165) is 6.42 Å². The van der Waals surface area contributed by atoms with Crippen molar-refractivity contribution in [2.45, 2.75) is 19.4 Å². The lowest BCUT2D eigenvalue weighted by atomic mass is 10.2. The standard InChI is InChI=1S/C11H17N3O2/c1-3-9(7-16-2)14-11(15)10-5-4-8(12)6-13-10/h4-6,9H,3,7,12H2,1-2H3,(H,14,15). The van der Waals surface area contributed by atoms with E-state index in [0.29, 0.717) is 18.0 Å². The van der Waals surface area contributed by atoms with Gasteiger partial charge in [-0.05, 0) is 18.6 Å². The number of anilines is 1. The van der Waals surface area contributed by atoms with Crippen LogP contribution in [-0.4, -0.2) is 30.6 Å². The molecule has 1 aromatic heterocycles. The second-order valence-corrected chi connectivity index (χ2v) is 3.51. The molecule has 0 saturated heterocycles. The van der Waals surface area contributed by atoms with Crippen molar-refractivity contribution in [2.24, 2.45) is 0 Å². The molecule has 0 fully saturated rings. The number of ether oxygens (including phenoxy) is 1. The van der Waals surface area contributed by atoms with Gasteiger partial charge in [-0.25, -0.2) is 4.98 Å². The first-order chi connectivity index (χ1) is 7.67. The van der Waals surface area contributed by atoms with Gasteiger partial charge in [-0.2, -0.15) is 0 Å². The van der Waals surface area contributed by atoms with E-state index in [-0.39, 0.29) is 11.9 Å². The van der Waals surface area contributed by atoms with E-state index in [2.05, 4.69) is 10.3 Å². The zero-order valence-electron chi connectivity index (χ0n) is 9.56. The van der Waals surface area contributed by atoms with Gasteiger partial charge in [0.15, 0.2) is 0 Å². The van der Waals surface area contributed by atoms with Crippen molar-refractivity contribution >= 4 is 11.6 Å². The second kappa shape index (κ2) is 6.07. The molecule has 1 unspecified atom stereocenters. The van der Waals surface area contributed by atoms with E-state index in [9.17, 15) is 4.79 Å². The van der Waals surface area contributed by atoms with E-state index in [1.807, 2.05) is 6.92 Å². The number of nitrogens with zero attached hydrogens (tertiary/aromatic N) is 1. The maximum atomic E-state index is 11.7. The molecule has 0 aromatic carbocycles. The Balaban J connectivity index is 2.60. The van der Waals surface area contributed by atoms with Crippen LogP contribution in [0.3, 0.4) is 0 Å². The Bertz CT molecular complexity index is 338. The number of nitrogen functional groups attached to an aromatic ring is 1. The van der Waals surface area contributed by atoms with Crippen LogP contribution in [0.25, 0.3) is 0 Å². The Morgan fingerprint density at radius 3 is 2.88 bits per heavy atom. The summed E-state index contributed by atoms with van der Waals surface area (Å²) >= 11 is 0. The number of pyridine rings is 1. The highest BCUT2D eigenvalue weighted by atomic mass is 16.5. The molecule has 0 saturated carbocycles. The summed E-state index contributed by atoms with van der Waals surface area (Å²) in [6.45, 7) is 2.48. The highest BCUT2D eigenvalue weighted by molar-refractivity contribution is 5.92. The van der Waals surface area contributed by atoms with Crippen molar-refractivity contribution < 1.29 is 9.53 Å². The fourth-order valence-electron chi connectivity index (χ4n) is 1.26. The molecule has 1 heterocycles. The summed E-state index contributed by atoms with van der Waals surface area (Å²) in [4.78, 5) is 15.7. The minimum absolute atomic E-state index is 0.0110. The first-order valence-corrected chi connectivity index (χ1v) is 5.18. The van der Waals surface area contributed by atoms with Gasteiger partial charge in [-0.15, -0.1) is 0 Å².